The molecule has 1 aromatic carbocycles. The van der Waals surface area contributed by atoms with Gasteiger partial charge in [-0.05, 0) is 67.6 Å². The van der Waals surface area contributed by atoms with E-state index in [4.69, 9.17) is 10.5 Å². The molecule has 1 aliphatic rings. The lowest BCUT2D eigenvalue weighted by atomic mass is 9.70. The number of aryl methyl sites for hydroxylation is 1. The van der Waals surface area contributed by atoms with Crippen molar-refractivity contribution in [3.05, 3.63) is 29.8 Å². The van der Waals surface area contributed by atoms with Crippen LogP contribution < -0.4 is 10.5 Å². The standard InChI is InChI=1S/C18H29NO/c1-18(2)12-10-15(11-13-18)17(19)9-6-14-4-7-16(20-3)8-5-14/h4-5,7-8,15,17H,6,9-13,19H2,1-3H3. The molecule has 1 saturated carbocycles. The van der Waals surface area contributed by atoms with Gasteiger partial charge in [-0.15, -0.1) is 0 Å². The number of methoxy groups -OCH3 is 1. The Bertz CT molecular complexity index is 400. The lowest BCUT2D eigenvalue weighted by molar-refractivity contribution is 0.170. The largest absolute Gasteiger partial charge is 0.497 e. The summed E-state index contributed by atoms with van der Waals surface area (Å²) >= 11 is 0. The summed E-state index contributed by atoms with van der Waals surface area (Å²) in [4.78, 5) is 0. The minimum Gasteiger partial charge on any atom is -0.497 e. The van der Waals surface area contributed by atoms with Crippen molar-refractivity contribution >= 4 is 0 Å². The number of nitrogens with two attached hydrogens (primary N) is 1. The van der Waals surface area contributed by atoms with E-state index < -0.39 is 0 Å². The van der Waals surface area contributed by atoms with Crippen molar-refractivity contribution in [1.82, 2.24) is 0 Å². The van der Waals surface area contributed by atoms with E-state index in [1.165, 1.54) is 31.2 Å². The third kappa shape index (κ3) is 4.24. The normalized spacial score (nSPS) is 20.6. The zero-order chi connectivity index (χ0) is 14.6. The molecule has 2 nitrogen and oxygen atoms in total. The predicted octanol–water partition coefficient (Wildman–Crippen LogP) is 4.17. The Morgan fingerprint density at radius 2 is 1.80 bits per heavy atom. The smallest absolute Gasteiger partial charge is 0.118 e. The fourth-order valence-electron chi connectivity index (χ4n) is 3.21. The van der Waals surface area contributed by atoms with Crippen molar-refractivity contribution in [3.63, 3.8) is 0 Å². The predicted molar refractivity (Wildman–Crippen MR) is 85.0 cm³/mol. The van der Waals surface area contributed by atoms with Crippen LogP contribution in [0.5, 0.6) is 5.75 Å². The maximum atomic E-state index is 6.42. The Hall–Kier alpha value is -1.02. The van der Waals surface area contributed by atoms with E-state index in [-0.39, 0.29) is 0 Å². The molecule has 2 N–H and O–H groups in total. The van der Waals surface area contributed by atoms with Crippen LogP contribution in [0.4, 0.5) is 0 Å². The number of hydrogen-bond acceptors (Lipinski definition) is 2. The Morgan fingerprint density at radius 1 is 1.20 bits per heavy atom. The molecular formula is C18H29NO. The first-order chi connectivity index (χ1) is 9.50. The number of hydrogen-bond donors (Lipinski definition) is 1. The molecule has 0 amide bonds. The summed E-state index contributed by atoms with van der Waals surface area (Å²) in [6, 6.07) is 8.71. The van der Waals surface area contributed by atoms with Gasteiger partial charge >= 0.3 is 0 Å². The molecule has 1 aromatic rings. The van der Waals surface area contributed by atoms with E-state index in [0.717, 1.165) is 24.5 Å². The van der Waals surface area contributed by atoms with Crippen LogP contribution in [0.15, 0.2) is 24.3 Å². The van der Waals surface area contributed by atoms with E-state index in [1.807, 2.05) is 12.1 Å². The minimum atomic E-state index is 0.355. The molecule has 0 saturated heterocycles. The molecule has 1 atom stereocenters. The van der Waals surface area contributed by atoms with Crippen molar-refractivity contribution in [1.29, 1.82) is 0 Å². The van der Waals surface area contributed by atoms with Gasteiger partial charge < -0.3 is 10.5 Å². The Labute approximate surface area is 123 Å². The SMILES string of the molecule is COc1ccc(CCC(N)C2CCC(C)(C)CC2)cc1. The zero-order valence-corrected chi connectivity index (χ0v) is 13.2. The number of ether oxygens (including phenoxy) is 1. The van der Waals surface area contributed by atoms with Crippen LogP contribution in [0.3, 0.4) is 0 Å². The van der Waals surface area contributed by atoms with Crippen LogP contribution in [0.2, 0.25) is 0 Å². The average Bonchev–Trinajstić information content (AvgIpc) is 2.45. The molecule has 0 aliphatic heterocycles. The Kier molecular flexibility index (Phi) is 5.09. The van der Waals surface area contributed by atoms with E-state index in [9.17, 15) is 0 Å². The first-order valence-corrected chi connectivity index (χ1v) is 7.89. The van der Waals surface area contributed by atoms with Gasteiger partial charge in [0.25, 0.3) is 0 Å². The summed E-state index contributed by atoms with van der Waals surface area (Å²) in [6.07, 6.45) is 7.43. The first kappa shape index (κ1) is 15.4. The molecule has 112 valence electrons. The monoisotopic (exact) mass is 275 g/mol. The van der Waals surface area contributed by atoms with E-state index in [1.54, 1.807) is 7.11 Å². The maximum absolute atomic E-state index is 6.42. The molecule has 0 heterocycles. The van der Waals surface area contributed by atoms with E-state index in [2.05, 4.69) is 26.0 Å². The molecular weight excluding hydrogens is 246 g/mol. The molecule has 20 heavy (non-hydrogen) atoms. The van der Waals surface area contributed by atoms with Gasteiger partial charge in [0.15, 0.2) is 0 Å². The molecule has 2 heteroatoms. The highest BCUT2D eigenvalue weighted by Crippen LogP contribution is 2.39. The van der Waals surface area contributed by atoms with Gasteiger partial charge in [-0.2, -0.15) is 0 Å². The zero-order valence-electron chi connectivity index (χ0n) is 13.2. The molecule has 2 rings (SSSR count). The van der Waals surface area contributed by atoms with E-state index >= 15 is 0 Å². The van der Waals surface area contributed by atoms with Crippen LogP contribution in [-0.4, -0.2) is 13.2 Å². The summed E-state index contributed by atoms with van der Waals surface area (Å²) in [5, 5.41) is 0. The summed E-state index contributed by atoms with van der Waals surface area (Å²) < 4.78 is 5.18. The molecule has 0 spiro atoms. The summed E-state index contributed by atoms with van der Waals surface area (Å²) in [7, 11) is 1.70. The number of rotatable bonds is 5. The van der Waals surface area contributed by atoms with Crippen LogP contribution in [0.25, 0.3) is 0 Å². The van der Waals surface area contributed by atoms with Crippen LogP contribution in [0.1, 0.15) is 51.5 Å². The van der Waals surface area contributed by atoms with Gasteiger partial charge in [0.2, 0.25) is 0 Å². The molecule has 0 bridgehead atoms. The highest BCUT2D eigenvalue weighted by atomic mass is 16.5. The number of benzene rings is 1. The van der Waals surface area contributed by atoms with Crippen LogP contribution in [-0.2, 0) is 6.42 Å². The quantitative estimate of drug-likeness (QED) is 0.875. The van der Waals surface area contributed by atoms with Crippen LogP contribution in [0, 0.1) is 11.3 Å². The first-order valence-electron chi connectivity index (χ1n) is 7.89. The highest BCUT2D eigenvalue weighted by molar-refractivity contribution is 5.27. The van der Waals surface area contributed by atoms with Crippen molar-refractivity contribution in [2.45, 2.75) is 58.4 Å². The second-order valence-corrected chi connectivity index (χ2v) is 7.05. The van der Waals surface area contributed by atoms with Crippen molar-refractivity contribution in [2.75, 3.05) is 7.11 Å². The Balaban J connectivity index is 1.78. The molecule has 1 fully saturated rings. The molecule has 0 radical (unpaired) electrons. The lowest BCUT2D eigenvalue weighted by Crippen LogP contribution is -2.35. The van der Waals surface area contributed by atoms with Gasteiger partial charge in [-0.25, -0.2) is 0 Å². The minimum absolute atomic E-state index is 0.355. The fraction of sp³-hybridized carbons (Fsp3) is 0.667. The van der Waals surface area contributed by atoms with E-state index in [0.29, 0.717) is 11.5 Å². The molecule has 1 aliphatic carbocycles. The average molecular weight is 275 g/mol. The lowest BCUT2D eigenvalue weighted by Gasteiger charge is -2.36. The van der Waals surface area contributed by atoms with Gasteiger partial charge in [0, 0.05) is 6.04 Å². The third-order valence-corrected chi connectivity index (χ3v) is 4.91. The fourth-order valence-corrected chi connectivity index (χ4v) is 3.21. The topological polar surface area (TPSA) is 35.2 Å². The summed E-state index contributed by atoms with van der Waals surface area (Å²) in [6.45, 7) is 4.76. The van der Waals surface area contributed by atoms with Crippen molar-refractivity contribution < 1.29 is 4.74 Å². The summed E-state index contributed by atoms with van der Waals surface area (Å²) in [5.74, 6) is 1.65. The highest BCUT2D eigenvalue weighted by Gasteiger charge is 2.29. The summed E-state index contributed by atoms with van der Waals surface area (Å²) in [5.41, 5.74) is 8.31. The second-order valence-electron chi connectivity index (χ2n) is 7.05. The third-order valence-electron chi connectivity index (χ3n) is 4.91. The second kappa shape index (κ2) is 6.62. The van der Waals surface area contributed by atoms with Gasteiger partial charge in [-0.1, -0.05) is 26.0 Å². The van der Waals surface area contributed by atoms with Crippen LogP contribution >= 0.6 is 0 Å². The molecule has 0 aromatic heterocycles. The van der Waals surface area contributed by atoms with Crippen molar-refractivity contribution in [3.8, 4) is 5.75 Å². The van der Waals surface area contributed by atoms with Gasteiger partial charge in [0.1, 0.15) is 5.75 Å². The van der Waals surface area contributed by atoms with Gasteiger partial charge in [0.05, 0.1) is 7.11 Å². The van der Waals surface area contributed by atoms with Gasteiger partial charge in [-0.3, -0.25) is 0 Å². The Morgan fingerprint density at radius 3 is 2.35 bits per heavy atom. The maximum Gasteiger partial charge on any atom is 0.118 e. The van der Waals surface area contributed by atoms with Crippen molar-refractivity contribution in [2.24, 2.45) is 17.1 Å². The molecule has 1 unspecified atom stereocenters.